The van der Waals surface area contributed by atoms with E-state index in [1.165, 1.54) is 31.4 Å². The number of amides is 1. The summed E-state index contributed by atoms with van der Waals surface area (Å²) < 4.78 is 37.3. The summed E-state index contributed by atoms with van der Waals surface area (Å²) in [7, 11) is 1.36. The first kappa shape index (κ1) is 21.3. The third-order valence-corrected chi connectivity index (χ3v) is 4.75. The van der Waals surface area contributed by atoms with Crippen LogP contribution in [0, 0.1) is 11.6 Å². The Bertz CT molecular complexity index is 940. The number of rotatable bonds is 6. The number of piperazine rings is 1. The second kappa shape index (κ2) is 9.87. The predicted molar refractivity (Wildman–Crippen MR) is 108 cm³/mol. The van der Waals surface area contributed by atoms with E-state index in [2.05, 4.69) is 0 Å². The van der Waals surface area contributed by atoms with Gasteiger partial charge >= 0.3 is 5.97 Å². The van der Waals surface area contributed by atoms with Crippen LogP contribution in [0.5, 0.6) is 5.75 Å². The topological polar surface area (TPSA) is 59.1 Å². The van der Waals surface area contributed by atoms with Crippen molar-refractivity contribution in [2.45, 2.75) is 0 Å². The average molecular weight is 416 g/mol. The molecule has 1 amide bonds. The van der Waals surface area contributed by atoms with Crippen LogP contribution in [0.3, 0.4) is 0 Å². The number of hydrogen-bond acceptors (Lipinski definition) is 5. The highest BCUT2D eigenvalue weighted by Crippen LogP contribution is 2.20. The van der Waals surface area contributed by atoms with Crippen molar-refractivity contribution >= 4 is 23.6 Å². The van der Waals surface area contributed by atoms with Gasteiger partial charge in [-0.15, -0.1) is 0 Å². The highest BCUT2D eigenvalue weighted by molar-refractivity contribution is 5.89. The number of hydrogen-bond donors (Lipinski definition) is 0. The molecule has 1 aliphatic rings. The van der Waals surface area contributed by atoms with Crippen molar-refractivity contribution in [2.24, 2.45) is 0 Å². The van der Waals surface area contributed by atoms with Crippen molar-refractivity contribution < 1.29 is 27.8 Å². The summed E-state index contributed by atoms with van der Waals surface area (Å²) in [5.41, 5.74) is 0.969. The van der Waals surface area contributed by atoms with Gasteiger partial charge in [0.25, 0.3) is 5.91 Å². The fraction of sp³-hybridized carbons (Fsp3) is 0.273. The lowest BCUT2D eigenvalue weighted by Crippen LogP contribution is -2.50. The Morgan fingerprint density at radius 2 is 1.77 bits per heavy atom. The zero-order chi connectivity index (χ0) is 21.5. The van der Waals surface area contributed by atoms with Gasteiger partial charge in [-0.3, -0.25) is 4.79 Å². The first-order valence-corrected chi connectivity index (χ1v) is 9.43. The number of carbonyl (C=O) groups excluding carboxylic acids is 2. The van der Waals surface area contributed by atoms with E-state index >= 15 is 0 Å². The number of benzene rings is 2. The normalized spacial score (nSPS) is 14.1. The number of carbonyl (C=O) groups is 2. The lowest BCUT2D eigenvalue weighted by molar-refractivity contribution is -0.148. The van der Waals surface area contributed by atoms with Crippen LogP contribution in [0.25, 0.3) is 6.08 Å². The largest absolute Gasteiger partial charge is 0.494 e. The third-order valence-electron chi connectivity index (χ3n) is 4.75. The Labute approximate surface area is 173 Å². The predicted octanol–water partition coefficient (Wildman–Crippen LogP) is 2.88. The molecular formula is C22H22F2N2O4. The zero-order valence-electron chi connectivity index (χ0n) is 16.5. The molecule has 3 rings (SSSR count). The number of anilines is 1. The van der Waals surface area contributed by atoms with Gasteiger partial charge in [-0.25, -0.2) is 13.6 Å². The molecule has 0 radical (unpaired) electrons. The molecule has 1 heterocycles. The molecule has 0 saturated carbocycles. The van der Waals surface area contributed by atoms with Gasteiger partial charge in [0.15, 0.2) is 18.2 Å². The van der Waals surface area contributed by atoms with Crippen molar-refractivity contribution in [1.29, 1.82) is 0 Å². The second-order valence-electron chi connectivity index (χ2n) is 6.65. The molecule has 2 aromatic rings. The maximum Gasteiger partial charge on any atom is 0.331 e. The number of esters is 1. The van der Waals surface area contributed by atoms with E-state index in [0.717, 1.165) is 6.08 Å². The first-order chi connectivity index (χ1) is 14.5. The van der Waals surface area contributed by atoms with Gasteiger partial charge in [0.1, 0.15) is 5.82 Å². The summed E-state index contributed by atoms with van der Waals surface area (Å²) in [6.45, 7) is 1.41. The quantitative estimate of drug-likeness (QED) is 0.535. The smallest absolute Gasteiger partial charge is 0.331 e. The van der Waals surface area contributed by atoms with E-state index in [9.17, 15) is 18.4 Å². The number of para-hydroxylation sites is 1. The molecule has 0 bridgehead atoms. The van der Waals surface area contributed by atoms with Crippen LogP contribution in [0.15, 0.2) is 48.5 Å². The summed E-state index contributed by atoms with van der Waals surface area (Å²) in [6, 6.07) is 10.8. The summed E-state index contributed by atoms with van der Waals surface area (Å²) in [5, 5.41) is 0. The summed E-state index contributed by atoms with van der Waals surface area (Å²) in [6.07, 6.45) is 2.52. The van der Waals surface area contributed by atoms with E-state index < -0.39 is 11.8 Å². The van der Waals surface area contributed by atoms with E-state index in [1.807, 2.05) is 4.90 Å². The number of nitrogens with zero attached hydrogens (tertiary/aromatic N) is 2. The Hall–Kier alpha value is -3.42. The molecule has 0 atom stereocenters. The average Bonchev–Trinajstić information content (AvgIpc) is 2.76. The molecule has 1 saturated heterocycles. The lowest BCUT2D eigenvalue weighted by atomic mass is 10.2. The van der Waals surface area contributed by atoms with Gasteiger partial charge < -0.3 is 19.3 Å². The van der Waals surface area contributed by atoms with Crippen molar-refractivity contribution in [3.05, 3.63) is 65.7 Å². The van der Waals surface area contributed by atoms with Gasteiger partial charge in [-0.05, 0) is 35.9 Å². The maximum absolute atomic E-state index is 13.9. The van der Waals surface area contributed by atoms with Crippen molar-refractivity contribution in [1.82, 2.24) is 4.90 Å². The van der Waals surface area contributed by atoms with Crippen LogP contribution in [0.4, 0.5) is 14.5 Å². The lowest BCUT2D eigenvalue weighted by Gasteiger charge is -2.36. The molecule has 2 aromatic carbocycles. The highest BCUT2D eigenvalue weighted by atomic mass is 19.1. The van der Waals surface area contributed by atoms with Crippen LogP contribution >= 0.6 is 0 Å². The Balaban J connectivity index is 1.45. The minimum Gasteiger partial charge on any atom is -0.494 e. The molecule has 1 aliphatic heterocycles. The minimum atomic E-state index is -0.704. The standard InChI is InChI=1S/C22H22F2N2O4/c1-29-20-8-6-16(14-18(20)24)7-9-22(28)30-15-21(27)26-12-10-25(11-13-26)19-5-3-2-4-17(19)23/h2-9,14H,10-13,15H2,1H3/b9-7+. The van der Waals surface area contributed by atoms with E-state index in [1.54, 1.807) is 29.2 Å². The molecule has 0 aliphatic carbocycles. The maximum atomic E-state index is 13.9. The molecule has 0 unspecified atom stereocenters. The first-order valence-electron chi connectivity index (χ1n) is 9.43. The summed E-state index contributed by atoms with van der Waals surface area (Å²) in [4.78, 5) is 27.6. The molecule has 30 heavy (non-hydrogen) atoms. The molecule has 158 valence electrons. The van der Waals surface area contributed by atoms with Crippen LogP contribution in [0.1, 0.15) is 5.56 Å². The SMILES string of the molecule is COc1ccc(/C=C/C(=O)OCC(=O)N2CCN(c3ccccc3F)CC2)cc1F. The van der Waals surface area contributed by atoms with Crippen LogP contribution in [-0.4, -0.2) is 56.7 Å². The Kier molecular flexibility index (Phi) is 7.00. The Morgan fingerprint density at radius 3 is 2.43 bits per heavy atom. The van der Waals surface area contributed by atoms with E-state index in [0.29, 0.717) is 37.4 Å². The van der Waals surface area contributed by atoms with E-state index in [-0.39, 0.29) is 24.1 Å². The molecule has 6 nitrogen and oxygen atoms in total. The van der Waals surface area contributed by atoms with E-state index in [4.69, 9.17) is 9.47 Å². The van der Waals surface area contributed by atoms with Gasteiger partial charge in [-0.2, -0.15) is 0 Å². The fourth-order valence-electron chi connectivity index (χ4n) is 3.13. The monoisotopic (exact) mass is 416 g/mol. The number of ether oxygens (including phenoxy) is 2. The molecule has 0 aromatic heterocycles. The molecule has 1 fully saturated rings. The second-order valence-corrected chi connectivity index (χ2v) is 6.65. The van der Waals surface area contributed by atoms with Crippen molar-refractivity contribution in [3.8, 4) is 5.75 Å². The highest BCUT2D eigenvalue weighted by Gasteiger charge is 2.23. The minimum absolute atomic E-state index is 0.107. The fourth-order valence-corrected chi connectivity index (χ4v) is 3.13. The van der Waals surface area contributed by atoms with Crippen molar-refractivity contribution in [3.63, 3.8) is 0 Å². The van der Waals surface area contributed by atoms with Crippen LogP contribution < -0.4 is 9.64 Å². The number of halogens is 2. The zero-order valence-corrected chi connectivity index (χ0v) is 16.5. The molecule has 0 spiro atoms. The van der Waals surface area contributed by atoms with Gasteiger partial charge in [0.2, 0.25) is 0 Å². The molecule has 0 N–H and O–H groups in total. The molecule has 8 heteroatoms. The summed E-state index contributed by atoms with van der Waals surface area (Å²) in [5.74, 6) is -1.76. The molecular weight excluding hydrogens is 394 g/mol. The van der Waals surface area contributed by atoms with Gasteiger partial charge in [-0.1, -0.05) is 18.2 Å². The van der Waals surface area contributed by atoms with Crippen LogP contribution in [-0.2, 0) is 14.3 Å². The Morgan fingerprint density at radius 1 is 1.03 bits per heavy atom. The number of methoxy groups -OCH3 is 1. The van der Waals surface area contributed by atoms with Gasteiger partial charge in [0.05, 0.1) is 12.8 Å². The van der Waals surface area contributed by atoms with Crippen molar-refractivity contribution in [2.75, 3.05) is 44.8 Å². The van der Waals surface area contributed by atoms with Crippen LogP contribution in [0.2, 0.25) is 0 Å². The third kappa shape index (κ3) is 5.34. The summed E-state index contributed by atoms with van der Waals surface area (Å²) >= 11 is 0. The van der Waals surface area contributed by atoms with Gasteiger partial charge in [0, 0.05) is 32.3 Å².